The monoisotopic (exact) mass is 436 g/mol. The van der Waals surface area contributed by atoms with Crippen LogP contribution in [0.4, 0.5) is 0 Å². The molecular weight excluding hydrogens is 407 g/mol. The third-order valence-electron chi connectivity index (χ3n) is 2.82. The fourth-order valence-corrected chi connectivity index (χ4v) is 1.81. The van der Waals surface area contributed by atoms with Gasteiger partial charge in [0.15, 0.2) is 5.96 Å². The lowest BCUT2D eigenvalue weighted by molar-refractivity contribution is 0.179. The number of aliphatic imine (C=N–C) groups is 1. The SMILES string of the molecule is CCCOc1ccc(CN=C(NCC)NC(C)COC)cn1.I. The Balaban J connectivity index is 0.00000484. The van der Waals surface area contributed by atoms with Gasteiger partial charge < -0.3 is 20.1 Å². The molecule has 0 amide bonds. The fourth-order valence-electron chi connectivity index (χ4n) is 1.81. The number of hydrogen-bond acceptors (Lipinski definition) is 4. The van der Waals surface area contributed by atoms with Crippen LogP contribution in [-0.4, -0.2) is 43.9 Å². The maximum atomic E-state index is 5.47. The van der Waals surface area contributed by atoms with Gasteiger partial charge in [-0.1, -0.05) is 13.0 Å². The molecule has 23 heavy (non-hydrogen) atoms. The fraction of sp³-hybridized carbons (Fsp3) is 0.625. The molecule has 1 aromatic heterocycles. The first-order chi connectivity index (χ1) is 10.7. The second-order valence-corrected chi connectivity index (χ2v) is 5.05. The van der Waals surface area contributed by atoms with Gasteiger partial charge in [-0.2, -0.15) is 0 Å². The summed E-state index contributed by atoms with van der Waals surface area (Å²) in [6.07, 6.45) is 2.78. The first-order valence-electron chi connectivity index (χ1n) is 7.81. The summed E-state index contributed by atoms with van der Waals surface area (Å²) in [4.78, 5) is 8.83. The average molecular weight is 436 g/mol. The molecule has 0 aliphatic rings. The van der Waals surface area contributed by atoms with Crippen LogP contribution in [0.2, 0.25) is 0 Å². The molecule has 7 heteroatoms. The third-order valence-corrected chi connectivity index (χ3v) is 2.82. The minimum absolute atomic E-state index is 0. The number of methoxy groups -OCH3 is 1. The van der Waals surface area contributed by atoms with Crippen LogP contribution in [0.25, 0.3) is 0 Å². The number of aromatic nitrogens is 1. The molecule has 0 aromatic carbocycles. The van der Waals surface area contributed by atoms with Crippen LogP contribution in [-0.2, 0) is 11.3 Å². The number of halogens is 1. The lowest BCUT2D eigenvalue weighted by atomic mass is 10.3. The van der Waals surface area contributed by atoms with Gasteiger partial charge >= 0.3 is 0 Å². The molecule has 1 heterocycles. The van der Waals surface area contributed by atoms with Crippen molar-refractivity contribution in [2.24, 2.45) is 4.99 Å². The zero-order valence-electron chi connectivity index (χ0n) is 14.5. The molecule has 1 rings (SSSR count). The van der Waals surface area contributed by atoms with Crippen LogP contribution in [0.3, 0.4) is 0 Å². The molecule has 0 aliphatic heterocycles. The highest BCUT2D eigenvalue weighted by atomic mass is 127. The molecule has 1 unspecified atom stereocenters. The van der Waals surface area contributed by atoms with E-state index in [1.165, 1.54) is 0 Å². The van der Waals surface area contributed by atoms with Crippen LogP contribution in [0.1, 0.15) is 32.8 Å². The van der Waals surface area contributed by atoms with Gasteiger partial charge in [0, 0.05) is 32.0 Å². The van der Waals surface area contributed by atoms with Crippen molar-refractivity contribution in [2.75, 3.05) is 26.9 Å². The first kappa shape index (κ1) is 21.9. The Morgan fingerprint density at radius 2 is 2.13 bits per heavy atom. The van der Waals surface area contributed by atoms with Gasteiger partial charge in [-0.05, 0) is 25.8 Å². The molecule has 0 spiro atoms. The summed E-state index contributed by atoms with van der Waals surface area (Å²) >= 11 is 0. The predicted octanol–water partition coefficient (Wildman–Crippen LogP) is 2.58. The summed E-state index contributed by atoms with van der Waals surface area (Å²) in [6.45, 7) is 8.87. The van der Waals surface area contributed by atoms with E-state index in [9.17, 15) is 0 Å². The Kier molecular flexibility index (Phi) is 12.7. The number of ether oxygens (including phenoxy) is 2. The van der Waals surface area contributed by atoms with Crippen molar-refractivity contribution in [1.29, 1.82) is 0 Å². The van der Waals surface area contributed by atoms with Crippen molar-refractivity contribution in [3.8, 4) is 5.88 Å². The van der Waals surface area contributed by atoms with Crippen molar-refractivity contribution in [3.05, 3.63) is 23.9 Å². The van der Waals surface area contributed by atoms with E-state index in [0.29, 0.717) is 25.6 Å². The molecular formula is C16H29IN4O2. The van der Waals surface area contributed by atoms with Crippen LogP contribution in [0, 0.1) is 0 Å². The number of hydrogen-bond donors (Lipinski definition) is 2. The standard InChI is InChI=1S/C16H28N4O2.HI/c1-5-9-22-15-8-7-14(10-18-15)11-19-16(17-6-2)20-13(3)12-21-4;/h7-8,10,13H,5-6,9,11-12H2,1-4H3,(H2,17,19,20);1H. The average Bonchev–Trinajstić information content (AvgIpc) is 2.52. The summed E-state index contributed by atoms with van der Waals surface area (Å²) in [5, 5.41) is 6.52. The molecule has 0 fully saturated rings. The Hall–Kier alpha value is -1.09. The highest BCUT2D eigenvalue weighted by molar-refractivity contribution is 14.0. The van der Waals surface area contributed by atoms with Gasteiger partial charge in [0.05, 0.1) is 19.8 Å². The van der Waals surface area contributed by atoms with Gasteiger partial charge in [-0.15, -0.1) is 24.0 Å². The van der Waals surface area contributed by atoms with E-state index >= 15 is 0 Å². The van der Waals surface area contributed by atoms with E-state index in [0.717, 1.165) is 24.5 Å². The number of nitrogens with zero attached hydrogens (tertiary/aromatic N) is 2. The first-order valence-corrected chi connectivity index (χ1v) is 7.81. The quantitative estimate of drug-likeness (QED) is 0.354. The number of nitrogens with one attached hydrogen (secondary N) is 2. The lowest BCUT2D eigenvalue weighted by Crippen LogP contribution is -2.43. The van der Waals surface area contributed by atoms with Crippen molar-refractivity contribution in [3.63, 3.8) is 0 Å². The highest BCUT2D eigenvalue weighted by Gasteiger charge is 2.04. The van der Waals surface area contributed by atoms with E-state index in [4.69, 9.17) is 9.47 Å². The molecule has 0 bridgehead atoms. The van der Waals surface area contributed by atoms with Crippen molar-refractivity contribution in [2.45, 2.75) is 39.8 Å². The summed E-state index contributed by atoms with van der Waals surface area (Å²) in [6, 6.07) is 4.07. The number of rotatable bonds is 9. The zero-order chi connectivity index (χ0) is 16.2. The molecule has 132 valence electrons. The largest absolute Gasteiger partial charge is 0.478 e. The van der Waals surface area contributed by atoms with Gasteiger partial charge in [0.1, 0.15) is 0 Å². The van der Waals surface area contributed by atoms with E-state index in [1.807, 2.05) is 19.1 Å². The van der Waals surface area contributed by atoms with Crippen LogP contribution < -0.4 is 15.4 Å². The van der Waals surface area contributed by atoms with Crippen LogP contribution >= 0.6 is 24.0 Å². The number of guanidine groups is 1. The van der Waals surface area contributed by atoms with Crippen molar-refractivity contribution >= 4 is 29.9 Å². The Labute approximate surface area is 156 Å². The topological polar surface area (TPSA) is 67.8 Å². The summed E-state index contributed by atoms with van der Waals surface area (Å²) in [7, 11) is 1.69. The van der Waals surface area contributed by atoms with Gasteiger partial charge in [-0.25, -0.2) is 9.98 Å². The minimum Gasteiger partial charge on any atom is -0.478 e. The van der Waals surface area contributed by atoms with Crippen LogP contribution in [0.15, 0.2) is 23.3 Å². The Morgan fingerprint density at radius 3 is 2.70 bits per heavy atom. The second-order valence-electron chi connectivity index (χ2n) is 5.05. The molecule has 0 saturated carbocycles. The van der Waals surface area contributed by atoms with E-state index < -0.39 is 0 Å². The van der Waals surface area contributed by atoms with Crippen molar-refractivity contribution in [1.82, 2.24) is 15.6 Å². The Morgan fingerprint density at radius 1 is 1.35 bits per heavy atom. The molecule has 0 radical (unpaired) electrons. The maximum Gasteiger partial charge on any atom is 0.213 e. The highest BCUT2D eigenvalue weighted by Crippen LogP contribution is 2.08. The van der Waals surface area contributed by atoms with E-state index in [1.54, 1.807) is 13.3 Å². The smallest absolute Gasteiger partial charge is 0.213 e. The molecule has 1 aromatic rings. The molecule has 2 N–H and O–H groups in total. The Bertz CT molecular complexity index is 440. The van der Waals surface area contributed by atoms with Gasteiger partial charge in [0.25, 0.3) is 0 Å². The van der Waals surface area contributed by atoms with E-state index in [-0.39, 0.29) is 30.0 Å². The summed E-state index contributed by atoms with van der Waals surface area (Å²) in [5.41, 5.74) is 1.04. The predicted molar refractivity (Wildman–Crippen MR) is 105 cm³/mol. The van der Waals surface area contributed by atoms with Gasteiger partial charge in [0.2, 0.25) is 5.88 Å². The molecule has 1 atom stereocenters. The molecule has 6 nitrogen and oxygen atoms in total. The summed E-state index contributed by atoms with van der Waals surface area (Å²) < 4.78 is 10.6. The third kappa shape index (κ3) is 9.60. The van der Waals surface area contributed by atoms with Gasteiger partial charge in [-0.3, -0.25) is 0 Å². The maximum absolute atomic E-state index is 5.47. The normalized spacial score (nSPS) is 12.3. The zero-order valence-corrected chi connectivity index (χ0v) is 16.8. The van der Waals surface area contributed by atoms with Crippen LogP contribution in [0.5, 0.6) is 5.88 Å². The second kappa shape index (κ2) is 13.4. The molecule has 0 aliphatic carbocycles. The number of pyridine rings is 1. The van der Waals surface area contributed by atoms with E-state index in [2.05, 4.69) is 34.5 Å². The van der Waals surface area contributed by atoms with Crippen molar-refractivity contribution < 1.29 is 9.47 Å². The minimum atomic E-state index is 0. The lowest BCUT2D eigenvalue weighted by Gasteiger charge is -2.16. The molecule has 0 saturated heterocycles. The summed E-state index contributed by atoms with van der Waals surface area (Å²) in [5.74, 6) is 1.44.